The van der Waals surface area contributed by atoms with E-state index >= 15 is 0 Å². The molecule has 2 aromatic heterocycles. The number of fused-ring (bicyclic) bond motifs is 1. The van der Waals surface area contributed by atoms with Crippen molar-refractivity contribution in [2.45, 2.75) is 38.0 Å². The fraction of sp³-hybridized carbons (Fsp3) is 0.389. The van der Waals surface area contributed by atoms with Crippen LogP contribution in [-0.2, 0) is 17.6 Å². The Morgan fingerprint density at radius 1 is 1.08 bits per heavy atom. The molecule has 2 aliphatic rings. The summed E-state index contributed by atoms with van der Waals surface area (Å²) in [4.78, 5) is 37.3. The molecule has 2 amide bonds. The Kier molecular flexibility index (Phi) is 4.13. The maximum Gasteiger partial charge on any atom is 0.288 e. The van der Waals surface area contributed by atoms with E-state index in [4.69, 9.17) is 0 Å². The second-order valence-corrected chi connectivity index (χ2v) is 6.57. The van der Waals surface area contributed by atoms with Crippen molar-refractivity contribution in [3.05, 3.63) is 53.4 Å². The highest BCUT2D eigenvalue weighted by atomic mass is 16.2. The van der Waals surface area contributed by atoms with E-state index in [2.05, 4.69) is 25.8 Å². The highest BCUT2D eigenvalue weighted by molar-refractivity contribution is 5.93. The monoisotopic (exact) mass is 337 g/mol. The molecule has 7 heteroatoms. The van der Waals surface area contributed by atoms with Crippen molar-refractivity contribution in [2.75, 3.05) is 0 Å². The zero-order valence-corrected chi connectivity index (χ0v) is 13.7. The number of nitrogens with zero attached hydrogens (tertiary/aromatic N) is 3. The van der Waals surface area contributed by atoms with Crippen molar-refractivity contribution in [3.8, 4) is 0 Å². The molecule has 0 saturated heterocycles. The van der Waals surface area contributed by atoms with Gasteiger partial charge in [-0.2, -0.15) is 0 Å². The number of hydrogen-bond donors (Lipinski definition) is 2. The first kappa shape index (κ1) is 15.7. The Bertz CT molecular complexity index is 804. The summed E-state index contributed by atoms with van der Waals surface area (Å²) in [5, 5.41) is 0. The molecule has 1 unspecified atom stereocenters. The van der Waals surface area contributed by atoms with Crippen LogP contribution in [0, 0.1) is 5.92 Å². The normalized spacial score (nSPS) is 19.0. The van der Waals surface area contributed by atoms with E-state index in [0.717, 1.165) is 29.9 Å². The van der Waals surface area contributed by atoms with E-state index in [1.807, 2.05) is 6.20 Å². The Hall–Kier alpha value is -2.83. The summed E-state index contributed by atoms with van der Waals surface area (Å²) in [6.45, 7) is 0. The molecule has 0 spiro atoms. The zero-order valence-electron chi connectivity index (χ0n) is 13.7. The van der Waals surface area contributed by atoms with Crippen LogP contribution in [0.5, 0.6) is 0 Å². The second kappa shape index (κ2) is 6.58. The SMILES string of the molecule is O=C(NNC(=O)C1CCc2nc(C3CC3)ncc2C1)c1ccccn1. The maximum atomic E-state index is 12.3. The third-order valence-corrected chi connectivity index (χ3v) is 4.68. The Morgan fingerprint density at radius 3 is 2.72 bits per heavy atom. The van der Waals surface area contributed by atoms with Crippen molar-refractivity contribution in [2.24, 2.45) is 5.92 Å². The van der Waals surface area contributed by atoms with Gasteiger partial charge in [-0.05, 0) is 49.8 Å². The molecule has 4 rings (SSSR count). The van der Waals surface area contributed by atoms with Crippen LogP contribution >= 0.6 is 0 Å². The van der Waals surface area contributed by atoms with Crippen LogP contribution in [0.25, 0.3) is 0 Å². The van der Waals surface area contributed by atoms with Crippen LogP contribution in [0.1, 0.15) is 52.8 Å². The van der Waals surface area contributed by atoms with Crippen LogP contribution in [0.4, 0.5) is 0 Å². The maximum absolute atomic E-state index is 12.3. The third-order valence-electron chi connectivity index (χ3n) is 4.68. The van der Waals surface area contributed by atoms with Crippen molar-refractivity contribution in [1.29, 1.82) is 0 Å². The molecule has 1 saturated carbocycles. The first-order valence-corrected chi connectivity index (χ1v) is 8.56. The molecule has 7 nitrogen and oxygen atoms in total. The number of amides is 2. The quantitative estimate of drug-likeness (QED) is 0.823. The summed E-state index contributed by atoms with van der Waals surface area (Å²) < 4.78 is 0. The van der Waals surface area contributed by atoms with Crippen molar-refractivity contribution < 1.29 is 9.59 Å². The first-order chi connectivity index (χ1) is 12.2. The van der Waals surface area contributed by atoms with Crippen LogP contribution < -0.4 is 10.9 Å². The predicted octanol–water partition coefficient (Wildman–Crippen LogP) is 1.32. The Morgan fingerprint density at radius 2 is 1.96 bits per heavy atom. The summed E-state index contributed by atoms with van der Waals surface area (Å²) >= 11 is 0. The molecule has 0 aliphatic heterocycles. The third kappa shape index (κ3) is 3.50. The number of rotatable bonds is 3. The van der Waals surface area contributed by atoms with Gasteiger partial charge in [0.05, 0.1) is 0 Å². The zero-order chi connectivity index (χ0) is 17.2. The topological polar surface area (TPSA) is 96.9 Å². The number of pyridine rings is 1. The van der Waals surface area contributed by atoms with Crippen molar-refractivity contribution in [1.82, 2.24) is 25.8 Å². The molecule has 0 radical (unpaired) electrons. The van der Waals surface area contributed by atoms with Gasteiger partial charge in [-0.1, -0.05) is 6.07 Å². The van der Waals surface area contributed by atoms with Crippen molar-refractivity contribution in [3.63, 3.8) is 0 Å². The van der Waals surface area contributed by atoms with Gasteiger partial charge in [0.2, 0.25) is 5.91 Å². The molecule has 1 fully saturated rings. The number of hydrazine groups is 1. The minimum absolute atomic E-state index is 0.188. The van der Waals surface area contributed by atoms with Gasteiger partial charge in [0, 0.05) is 29.9 Å². The van der Waals surface area contributed by atoms with E-state index in [0.29, 0.717) is 12.3 Å². The van der Waals surface area contributed by atoms with Crippen LogP contribution in [0.15, 0.2) is 30.6 Å². The molecule has 2 N–H and O–H groups in total. The number of carbonyl (C=O) groups excluding carboxylic acids is 2. The highest BCUT2D eigenvalue weighted by Gasteiger charge is 2.30. The van der Waals surface area contributed by atoms with Crippen LogP contribution in [-0.4, -0.2) is 26.8 Å². The van der Waals surface area contributed by atoms with Crippen molar-refractivity contribution >= 4 is 11.8 Å². The Labute approximate surface area is 145 Å². The molecule has 0 bridgehead atoms. The highest BCUT2D eigenvalue weighted by Crippen LogP contribution is 2.38. The van der Waals surface area contributed by atoms with Gasteiger partial charge in [0.25, 0.3) is 5.91 Å². The van der Waals surface area contributed by atoms with Crippen LogP contribution in [0.2, 0.25) is 0 Å². The van der Waals surface area contributed by atoms with E-state index in [1.54, 1.807) is 18.2 Å². The number of aromatic nitrogens is 3. The van der Waals surface area contributed by atoms with E-state index in [-0.39, 0.29) is 17.5 Å². The van der Waals surface area contributed by atoms with Gasteiger partial charge in [0.1, 0.15) is 11.5 Å². The van der Waals surface area contributed by atoms with Gasteiger partial charge in [-0.3, -0.25) is 25.4 Å². The molecule has 0 aromatic carbocycles. The second-order valence-electron chi connectivity index (χ2n) is 6.57. The Balaban J connectivity index is 1.35. The van der Waals surface area contributed by atoms with E-state index in [9.17, 15) is 9.59 Å². The lowest BCUT2D eigenvalue weighted by atomic mass is 9.87. The van der Waals surface area contributed by atoms with E-state index in [1.165, 1.54) is 19.0 Å². The average Bonchev–Trinajstić information content (AvgIpc) is 3.51. The smallest absolute Gasteiger partial charge is 0.273 e. The molecule has 2 aromatic rings. The lowest BCUT2D eigenvalue weighted by molar-refractivity contribution is -0.126. The van der Waals surface area contributed by atoms with Gasteiger partial charge in [0.15, 0.2) is 0 Å². The predicted molar refractivity (Wildman–Crippen MR) is 89.4 cm³/mol. The van der Waals surface area contributed by atoms with Gasteiger partial charge in [-0.15, -0.1) is 0 Å². The number of aryl methyl sites for hydroxylation is 1. The first-order valence-electron chi connectivity index (χ1n) is 8.56. The molecule has 2 aliphatic carbocycles. The van der Waals surface area contributed by atoms with E-state index < -0.39 is 5.91 Å². The lowest BCUT2D eigenvalue weighted by Crippen LogP contribution is -2.46. The molecule has 25 heavy (non-hydrogen) atoms. The van der Waals surface area contributed by atoms with Gasteiger partial charge < -0.3 is 0 Å². The lowest BCUT2D eigenvalue weighted by Gasteiger charge is -2.23. The number of nitrogens with one attached hydrogen (secondary N) is 2. The summed E-state index contributed by atoms with van der Waals surface area (Å²) in [7, 11) is 0. The van der Waals surface area contributed by atoms with Gasteiger partial charge in [-0.25, -0.2) is 9.97 Å². The molecule has 2 heterocycles. The fourth-order valence-electron chi connectivity index (χ4n) is 3.07. The summed E-state index contributed by atoms with van der Waals surface area (Å²) in [5.41, 5.74) is 7.29. The minimum Gasteiger partial charge on any atom is -0.273 e. The fourth-order valence-corrected chi connectivity index (χ4v) is 3.07. The largest absolute Gasteiger partial charge is 0.288 e. The average molecular weight is 337 g/mol. The van der Waals surface area contributed by atoms with Crippen LogP contribution in [0.3, 0.4) is 0 Å². The summed E-state index contributed by atoms with van der Waals surface area (Å²) in [6.07, 6.45) is 7.85. The molecular formula is C18H19N5O2. The summed E-state index contributed by atoms with van der Waals surface area (Å²) in [6, 6.07) is 5.04. The standard InChI is InChI=1S/C18H19N5O2/c24-17(22-23-18(25)15-3-1-2-8-19-15)12-6-7-14-13(9-12)10-20-16(21-14)11-4-5-11/h1-3,8,10-12H,4-7,9H2,(H,22,24)(H,23,25). The molecule has 1 atom stereocenters. The number of hydrogen-bond acceptors (Lipinski definition) is 5. The minimum atomic E-state index is -0.428. The number of carbonyl (C=O) groups is 2. The molecule has 128 valence electrons. The summed E-state index contributed by atoms with van der Waals surface area (Å²) in [5.74, 6) is 0.674. The molecular weight excluding hydrogens is 318 g/mol. The van der Waals surface area contributed by atoms with Gasteiger partial charge >= 0.3 is 0 Å².